The Hall–Kier alpha value is -0.850. The van der Waals surface area contributed by atoms with E-state index in [1.807, 2.05) is 20.8 Å². The highest BCUT2D eigenvalue weighted by Crippen LogP contribution is 1.90. The van der Waals surface area contributed by atoms with Crippen LogP contribution in [0.5, 0.6) is 0 Å². The third-order valence-electron chi connectivity index (χ3n) is 0.894. The van der Waals surface area contributed by atoms with Crippen molar-refractivity contribution in [2.75, 3.05) is 13.2 Å². The predicted molar refractivity (Wildman–Crippen MR) is 48.5 cm³/mol. The molecule has 0 bridgehead atoms. The lowest BCUT2D eigenvalue weighted by molar-refractivity contribution is -0.123. The fraction of sp³-hybridized carbons (Fsp3) is 0.667. The molecule has 0 aliphatic heterocycles. The summed E-state index contributed by atoms with van der Waals surface area (Å²) >= 11 is 0. The van der Waals surface area contributed by atoms with E-state index in [1.54, 1.807) is 6.07 Å². The average Bonchev–Trinajstić information content (AvgIpc) is 2.06. The van der Waals surface area contributed by atoms with Crippen LogP contribution in [0.1, 0.15) is 20.8 Å². The quantitative estimate of drug-likeness (QED) is 0.480. The van der Waals surface area contributed by atoms with Gasteiger partial charge in [0.2, 0.25) is 0 Å². The first-order valence-electron chi connectivity index (χ1n) is 3.96. The fourth-order valence-corrected chi connectivity index (χ4v) is 0.518. The van der Waals surface area contributed by atoms with Crippen LogP contribution in [0.4, 0.5) is 0 Å². The molecule has 0 heterocycles. The van der Waals surface area contributed by atoms with Crippen LogP contribution >= 0.6 is 0 Å². The van der Waals surface area contributed by atoms with Gasteiger partial charge in [0.15, 0.2) is 6.29 Å². The van der Waals surface area contributed by atoms with Crippen molar-refractivity contribution >= 4 is 0 Å². The zero-order chi connectivity index (χ0) is 9.82. The number of hydrogen-bond acceptors (Lipinski definition) is 3. The van der Waals surface area contributed by atoms with Crippen LogP contribution < -0.4 is 0 Å². The highest BCUT2D eigenvalue weighted by Gasteiger charge is 1.94. The molecule has 0 radical (unpaired) electrons. The third kappa shape index (κ3) is 16.1. The number of allylic oxidation sites excluding steroid dienone is 1. The minimum absolute atomic E-state index is 0.0370. The summed E-state index contributed by atoms with van der Waals surface area (Å²) in [6.07, 6.45) is 1.14. The van der Waals surface area contributed by atoms with E-state index in [9.17, 15) is 0 Å². The average molecular weight is 171 g/mol. The minimum Gasteiger partial charge on any atom is -0.353 e. The van der Waals surface area contributed by atoms with E-state index in [0.717, 1.165) is 13.2 Å². The molecule has 0 aromatic rings. The second kappa shape index (κ2) is 12.8. The molecule has 0 aromatic carbocycles. The van der Waals surface area contributed by atoms with E-state index in [2.05, 4.69) is 6.58 Å². The van der Waals surface area contributed by atoms with Gasteiger partial charge in [-0.2, -0.15) is 5.26 Å². The van der Waals surface area contributed by atoms with Gasteiger partial charge in [-0.05, 0) is 20.8 Å². The molecule has 3 heteroatoms. The van der Waals surface area contributed by atoms with Crippen molar-refractivity contribution in [2.24, 2.45) is 0 Å². The minimum atomic E-state index is -0.0370. The summed E-state index contributed by atoms with van der Waals surface area (Å²) in [5.74, 6) is 0. The molecule has 0 N–H and O–H groups in total. The zero-order valence-corrected chi connectivity index (χ0v) is 8.04. The van der Waals surface area contributed by atoms with E-state index in [0.29, 0.717) is 0 Å². The molecular weight excluding hydrogens is 154 g/mol. The van der Waals surface area contributed by atoms with Crippen molar-refractivity contribution in [3.05, 3.63) is 12.7 Å². The van der Waals surface area contributed by atoms with Gasteiger partial charge < -0.3 is 9.47 Å². The van der Waals surface area contributed by atoms with Gasteiger partial charge in [-0.1, -0.05) is 6.58 Å². The van der Waals surface area contributed by atoms with Crippen molar-refractivity contribution in [2.45, 2.75) is 27.1 Å². The van der Waals surface area contributed by atoms with E-state index >= 15 is 0 Å². The van der Waals surface area contributed by atoms with Crippen molar-refractivity contribution in [1.29, 1.82) is 5.26 Å². The van der Waals surface area contributed by atoms with Gasteiger partial charge in [0.25, 0.3) is 0 Å². The normalized spacial score (nSPS) is 8.25. The van der Waals surface area contributed by atoms with Gasteiger partial charge in [-0.3, -0.25) is 0 Å². The summed E-state index contributed by atoms with van der Waals surface area (Å²) in [7, 11) is 0. The maximum absolute atomic E-state index is 7.51. The molecule has 12 heavy (non-hydrogen) atoms. The molecule has 0 fully saturated rings. The molecule has 3 nitrogen and oxygen atoms in total. The van der Waals surface area contributed by atoms with Crippen LogP contribution in [0.25, 0.3) is 0 Å². The molecule has 0 rings (SSSR count). The predicted octanol–water partition coefficient (Wildman–Crippen LogP) is 2.10. The summed E-state index contributed by atoms with van der Waals surface area (Å²) < 4.78 is 10.1. The lowest BCUT2D eigenvalue weighted by Crippen LogP contribution is -2.11. The molecule has 70 valence electrons. The maximum atomic E-state index is 7.51. The summed E-state index contributed by atoms with van der Waals surface area (Å²) in [6.45, 7) is 10.4. The van der Waals surface area contributed by atoms with Crippen LogP contribution in [0.2, 0.25) is 0 Å². The molecule has 0 aliphatic rings. The SMILES string of the molecule is C=CC#N.CCOC(C)OCC. The summed E-state index contributed by atoms with van der Waals surface area (Å²) in [5.41, 5.74) is 0. The van der Waals surface area contributed by atoms with E-state index < -0.39 is 0 Å². The topological polar surface area (TPSA) is 42.2 Å². The Kier molecular flexibility index (Phi) is 14.6. The molecule has 0 aromatic heterocycles. The lowest BCUT2D eigenvalue weighted by Gasteiger charge is -2.09. The standard InChI is InChI=1S/C6H14O2.C3H3N/c1-4-7-6(3)8-5-2;1-2-3-4/h6H,4-5H2,1-3H3;2H,1H2. The zero-order valence-electron chi connectivity index (χ0n) is 8.04. The summed E-state index contributed by atoms with van der Waals surface area (Å²) in [5, 5.41) is 7.51. The van der Waals surface area contributed by atoms with Gasteiger partial charge in [-0.25, -0.2) is 0 Å². The summed E-state index contributed by atoms with van der Waals surface area (Å²) in [4.78, 5) is 0. The highest BCUT2D eigenvalue weighted by molar-refractivity contribution is 4.93. The molecule has 0 spiro atoms. The Morgan fingerprint density at radius 2 is 1.75 bits per heavy atom. The lowest BCUT2D eigenvalue weighted by atomic mass is 10.7. The van der Waals surface area contributed by atoms with Gasteiger partial charge in [0.1, 0.15) is 0 Å². The molecule has 0 amide bonds. The Labute approximate surface area is 74.6 Å². The number of nitrogens with zero attached hydrogens (tertiary/aromatic N) is 1. The monoisotopic (exact) mass is 171 g/mol. The Balaban J connectivity index is 0. The smallest absolute Gasteiger partial charge is 0.154 e. The van der Waals surface area contributed by atoms with E-state index in [1.165, 1.54) is 6.08 Å². The van der Waals surface area contributed by atoms with Gasteiger partial charge >= 0.3 is 0 Å². The third-order valence-corrected chi connectivity index (χ3v) is 0.894. The molecule has 0 saturated carbocycles. The van der Waals surface area contributed by atoms with E-state index in [-0.39, 0.29) is 6.29 Å². The van der Waals surface area contributed by atoms with Crippen LogP contribution in [0.15, 0.2) is 12.7 Å². The second-order valence-corrected chi connectivity index (χ2v) is 1.81. The van der Waals surface area contributed by atoms with Crippen molar-refractivity contribution in [3.63, 3.8) is 0 Å². The Bertz CT molecular complexity index is 123. The number of hydrogen-bond donors (Lipinski definition) is 0. The molecule has 0 unspecified atom stereocenters. The first-order valence-corrected chi connectivity index (χ1v) is 3.96. The number of rotatable bonds is 4. The fourth-order valence-electron chi connectivity index (χ4n) is 0.518. The number of ether oxygens (including phenoxy) is 2. The Morgan fingerprint density at radius 3 is 1.92 bits per heavy atom. The van der Waals surface area contributed by atoms with Gasteiger partial charge in [0, 0.05) is 19.3 Å². The highest BCUT2D eigenvalue weighted by atomic mass is 16.7. The molecule has 0 aliphatic carbocycles. The van der Waals surface area contributed by atoms with Crippen molar-refractivity contribution < 1.29 is 9.47 Å². The maximum Gasteiger partial charge on any atom is 0.154 e. The molecular formula is C9H17NO2. The second-order valence-electron chi connectivity index (χ2n) is 1.81. The van der Waals surface area contributed by atoms with Crippen molar-refractivity contribution in [1.82, 2.24) is 0 Å². The van der Waals surface area contributed by atoms with Gasteiger partial charge in [0.05, 0.1) is 6.07 Å². The first kappa shape index (κ1) is 13.7. The number of nitriles is 1. The molecule has 0 atom stereocenters. The van der Waals surface area contributed by atoms with E-state index in [4.69, 9.17) is 14.7 Å². The van der Waals surface area contributed by atoms with Crippen LogP contribution in [0.3, 0.4) is 0 Å². The summed E-state index contributed by atoms with van der Waals surface area (Å²) in [6, 6.07) is 1.69. The van der Waals surface area contributed by atoms with Gasteiger partial charge in [-0.15, -0.1) is 0 Å². The van der Waals surface area contributed by atoms with Crippen LogP contribution in [0, 0.1) is 11.3 Å². The Morgan fingerprint density at radius 1 is 1.42 bits per heavy atom. The van der Waals surface area contributed by atoms with Crippen LogP contribution in [-0.2, 0) is 9.47 Å². The van der Waals surface area contributed by atoms with Crippen LogP contribution in [-0.4, -0.2) is 19.5 Å². The first-order chi connectivity index (χ1) is 5.72. The van der Waals surface area contributed by atoms with Crippen molar-refractivity contribution in [3.8, 4) is 6.07 Å². The molecule has 0 saturated heterocycles. The largest absolute Gasteiger partial charge is 0.353 e.